The lowest BCUT2D eigenvalue weighted by Gasteiger charge is -2.35. The van der Waals surface area contributed by atoms with E-state index in [1.807, 2.05) is 71.0 Å². The van der Waals surface area contributed by atoms with Crippen molar-refractivity contribution >= 4 is 34.5 Å². The number of thiazole rings is 1. The fraction of sp³-hybridized carbons (Fsp3) is 0.292. The van der Waals surface area contributed by atoms with E-state index in [9.17, 15) is 4.79 Å². The zero-order valence-corrected chi connectivity index (χ0v) is 18.9. The predicted octanol–water partition coefficient (Wildman–Crippen LogP) is 5.66. The van der Waals surface area contributed by atoms with E-state index in [1.54, 1.807) is 11.3 Å². The van der Waals surface area contributed by atoms with Crippen LogP contribution in [0.1, 0.15) is 40.5 Å². The van der Waals surface area contributed by atoms with Crippen LogP contribution in [-0.2, 0) is 6.42 Å². The van der Waals surface area contributed by atoms with E-state index in [4.69, 9.17) is 16.6 Å². The van der Waals surface area contributed by atoms with Gasteiger partial charge in [-0.05, 0) is 43.9 Å². The number of rotatable bonds is 4. The molecule has 4 aromatic rings. The lowest BCUT2D eigenvalue weighted by atomic mass is 9.97. The maximum absolute atomic E-state index is 13.7. The average molecular weight is 451 g/mol. The summed E-state index contributed by atoms with van der Waals surface area (Å²) in [5.41, 5.74) is 3.27. The molecule has 5 nitrogen and oxygen atoms in total. The second-order valence-corrected chi connectivity index (χ2v) is 9.47. The highest BCUT2D eigenvalue weighted by Gasteiger charge is 2.32. The summed E-state index contributed by atoms with van der Waals surface area (Å²) in [5.74, 6) is 0.00721. The van der Waals surface area contributed by atoms with Gasteiger partial charge in [-0.1, -0.05) is 48.0 Å². The van der Waals surface area contributed by atoms with E-state index in [-0.39, 0.29) is 11.9 Å². The largest absolute Gasteiger partial charge is 0.334 e. The molecular formula is C24H23ClN4OS. The Hall–Kier alpha value is -2.70. The standard InChI is InChI=1S/C24H23ClN4OS/c1-16-26-21(22(31-16)17-9-3-2-4-10-17)24(30)28-13-7-5-11-18(28)15-19-23(25)29-14-8-6-12-20(29)27-19/h2-4,6,8-10,12,14,18H,5,7,11,13,15H2,1H3. The maximum Gasteiger partial charge on any atom is 0.274 e. The second kappa shape index (κ2) is 8.44. The van der Waals surface area contributed by atoms with E-state index >= 15 is 0 Å². The van der Waals surface area contributed by atoms with Gasteiger partial charge in [-0.25, -0.2) is 9.97 Å². The number of likely N-dealkylation sites (tertiary alicyclic amines) is 1. The molecule has 0 saturated carbocycles. The maximum atomic E-state index is 13.7. The minimum Gasteiger partial charge on any atom is -0.334 e. The van der Waals surface area contributed by atoms with Gasteiger partial charge in [0.1, 0.15) is 16.5 Å². The molecule has 3 aromatic heterocycles. The summed E-state index contributed by atoms with van der Waals surface area (Å²) in [4.78, 5) is 26.0. The lowest BCUT2D eigenvalue weighted by molar-refractivity contribution is 0.0608. The Morgan fingerprint density at radius 3 is 2.74 bits per heavy atom. The van der Waals surface area contributed by atoms with Crippen LogP contribution in [-0.4, -0.2) is 37.8 Å². The van der Waals surface area contributed by atoms with Gasteiger partial charge in [0.15, 0.2) is 0 Å². The van der Waals surface area contributed by atoms with E-state index in [0.29, 0.717) is 17.3 Å². The molecule has 1 atom stereocenters. The molecule has 4 heterocycles. The number of hydrogen-bond acceptors (Lipinski definition) is 4. The number of piperidine rings is 1. The molecule has 1 saturated heterocycles. The van der Waals surface area contributed by atoms with Crippen molar-refractivity contribution in [2.75, 3.05) is 6.54 Å². The Balaban J connectivity index is 1.46. The molecule has 1 fully saturated rings. The Kier molecular flexibility index (Phi) is 5.50. The smallest absolute Gasteiger partial charge is 0.274 e. The summed E-state index contributed by atoms with van der Waals surface area (Å²) in [7, 11) is 0. The Bertz CT molecular complexity index is 1230. The summed E-state index contributed by atoms with van der Waals surface area (Å²) < 4.78 is 1.89. The molecule has 0 radical (unpaired) electrons. The van der Waals surface area contributed by atoms with Crippen molar-refractivity contribution in [2.45, 2.75) is 38.6 Å². The fourth-order valence-corrected chi connectivity index (χ4v) is 5.52. The van der Waals surface area contributed by atoms with E-state index in [1.165, 1.54) is 0 Å². The predicted molar refractivity (Wildman–Crippen MR) is 125 cm³/mol. The van der Waals surface area contributed by atoms with E-state index in [0.717, 1.165) is 52.6 Å². The number of aryl methyl sites for hydroxylation is 1. The van der Waals surface area contributed by atoms with Crippen LogP contribution >= 0.6 is 22.9 Å². The first kappa shape index (κ1) is 20.2. The Morgan fingerprint density at radius 2 is 1.94 bits per heavy atom. The highest BCUT2D eigenvalue weighted by atomic mass is 35.5. The zero-order chi connectivity index (χ0) is 21.4. The average Bonchev–Trinajstić information content (AvgIpc) is 3.34. The van der Waals surface area contributed by atoms with Crippen LogP contribution < -0.4 is 0 Å². The normalized spacial score (nSPS) is 16.7. The quantitative estimate of drug-likeness (QED) is 0.403. The van der Waals surface area contributed by atoms with Gasteiger partial charge < -0.3 is 4.90 Å². The third-order valence-electron chi connectivity index (χ3n) is 5.83. The number of fused-ring (bicyclic) bond motifs is 1. The first-order chi connectivity index (χ1) is 15.1. The number of amides is 1. The van der Waals surface area contributed by atoms with Crippen LogP contribution in [0.2, 0.25) is 5.15 Å². The van der Waals surface area contributed by atoms with Crippen LogP contribution in [0.15, 0.2) is 54.7 Å². The molecule has 7 heteroatoms. The van der Waals surface area contributed by atoms with Crippen molar-refractivity contribution in [1.29, 1.82) is 0 Å². The number of halogens is 1. The van der Waals surface area contributed by atoms with Gasteiger partial charge in [0.05, 0.1) is 15.6 Å². The summed E-state index contributed by atoms with van der Waals surface area (Å²) >= 11 is 8.19. The number of nitrogens with zero attached hydrogens (tertiary/aromatic N) is 4. The van der Waals surface area contributed by atoms with E-state index in [2.05, 4.69) is 4.98 Å². The van der Waals surface area contributed by atoms with E-state index < -0.39 is 0 Å². The molecule has 5 rings (SSSR count). The molecule has 0 N–H and O–H groups in total. The monoisotopic (exact) mass is 450 g/mol. The Labute approximate surface area is 190 Å². The molecule has 1 aliphatic rings. The SMILES string of the molecule is Cc1nc(C(=O)N2CCCCC2Cc2nc3ccccn3c2Cl)c(-c2ccccc2)s1. The van der Waals surface area contributed by atoms with Crippen LogP contribution in [0.25, 0.3) is 16.1 Å². The molecule has 1 amide bonds. The molecule has 0 bridgehead atoms. The van der Waals surface area contributed by atoms with Crippen molar-refractivity contribution in [3.8, 4) is 10.4 Å². The molecule has 1 aromatic carbocycles. The van der Waals surface area contributed by atoms with Crippen molar-refractivity contribution in [1.82, 2.24) is 19.3 Å². The number of carbonyl (C=O) groups is 1. The summed E-state index contributed by atoms with van der Waals surface area (Å²) in [6.45, 7) is 2.69. The second-order valence-electron chi connectivity index (χ2n) is 7.91. The van der Waals surface area contributed by atoms with Crippen LogP contribution in [0.3, 0.4) is 0 Å². The number of hydrogen-bond donors (Lipinski definition) is 0. The van der Waals surface area contributed by atoms with Gasteiger partial charge in [-0.3, -0.25) is 9.20 Å². The highest BCUT2D eigenvalue weighted by Crippen LogP contribution is 2.33. The minimum atomic E-state index is 0.00721. The number of carbonyl (C=O) groups excluding carboxylic acids is 1. The van der Waals surface area contributed by atoms with Gasteiger partial charge in [-0.15, -0.1) is 11.3 Å². The number of pyridine rings is 1. The van der Waals surface area contributed by atoms with Crippen molar-refractivity contribution < 1.29 is 4.79 Å². The fourth-order valence-electron chi connectivity index (χ4n) is 4.34. The number of benzene rings is 1. The van der Waals surface area contributed by atoms with Gasteiger partial charge in [0.25, 0.3) is 5.91 Å². The minimum absolute atomic E-state index is 0.00721. The number of aromatic nitrogens is 3. The topological polar surface area (TPSA) is 50.5 Å². The van der Waals surface area contributed by atoms with Crippen LogP contribution in [0, 0.1) is 6.92 Å². The Morgan fingerprint density at radius 1 is 1.13 bits per heavy atom. The van der Waals surface area contributed by atoms with Crippen LogP contribution in [0.4, 0.5) is 0 Å². The van der Waals surface area contributed by atoms with Crippen molar-refractivity contribution in [3.05, 3.63) is 76.3 Å². The molecule has 1 unspecified atom stereocenters. The van der Waals surface area contributed by atoms with Gasteiger partial charge in [0.2, 0.25) is 0 Å². The van der Waals surface area contributed by atoms with Gasteiger partial charge in [0, 0.05) is 25.2 Å². The summed E-state index contributed by atoms with van der Waals surface area (Å²) in [6, 6.07) is 15.9. The molecule has 0 aliphatic carbocycles. The molecule has 31 heavy (non-hydrogen) atoms. The number of imidazole rings is 1. The first-order valence-electron chi connectivity index (χ1n) is 10.6. The highest BCUT2D eigenvalue weighted by molar-refractivity contribution is 7.15. The zero-order valence-electron chi connectivity index (χ0n) is 17.3. The molecule has 0 spiro atoms. The van der Waals surface area contributed by atoms with Crippen LogP contribution in [0.5, 0.6) is 0 Å². The van der Waals surface area contributed by atoms with Crippen molar-refractivity contribution in [3.63, 3.8) is 0 Å². The van der Waals surface area contributed by atoms with Gasteiger partial charge in [-0.2, -0.15) is 0 Å². The third kappa shape index (κ3) is 3.86. The molecule has 1 aliphatic heterocycles. The molecule has 158 valence electrons. The van der Waals surface area contributed by atoms with Gasteiger partial charge >= 0.3 is 0 Å². The lowest BCUT2D eigenvalue weighted by Crippen LogP contribution is -2.45. The molecular weight excluding hydrogens is 428 g/mol. The van der Waals surface area contributed by atoms with Crippen molar-refractivity contribution in [2.24, 2.45) is 0 Å². The summed E-state index contributed by atoms with van der Waals surface area (Å²) in [6.07, 6.45) is 5.62. The first-order valence-corrected chi connectivity index (χ1v) is 11.8. The third-order valence-corrected chi connectivity index (χ3v) is 7.25. The summed E-state index contributed by atoms with van der Waals surface area (Å²) in [5, 5.41) is 1.53.